The van der Waals surface area contributed by atoms with Gasteiger partial charge in [0.15, 0.2) is 16.3 Å². The summed E-state index contributed by atoms with van der Waals surface area (Å²) in [6.45, 7) is 6.55. The standard InChI is InChI=1S/C40H34N2O5S/c1-4-45-34-22-26(20-21-33(34)47-24-29-16-10-14-27-12-6-8-17-30(27)29)23-35-38(43)42-37(32-19-11-15-28-13-7-9-18-31(28)32)36(39(44)46-5-2)25(3)41-40(42)48-35/h6-23,37H,4-5,24H2,1-3H3/b35-23+/t37-/m1/s1. The van der Waals surface area contributed by atoms with Gasteiger partial charge < -0.3 is 14.2 Å². The number of thiazole rings is 1. The lowest BCUT2D eigenvalue weighted by Crippen LogP contribution is -2.40. The van der Waals surface area contributed by atoms with Gasteiger partial charge in [-0.15, -0.1) is 0 Å². The Hall–Kier alpha value is -5.47. The highest BCUT2D eigenvalue weighted by Crippen LogP contribution is 2.35. The fraction of sp³-hybridized carbons (Fsp3) is 0.175. The molecule has 7 rings (SSSR count). The van der Waals surface area contributed by atoms with Crippen molar-refractivity contribution in [3.05, 3.63) is 151 Å². The Morgan fingerprint density at radius 1 is 0.833 bits per heavy atom. The van der Waals surface area contributed by atoms with Crippen molar-refractivity contribution < 1.29 is 19.0 Å². The van der Waals surface area contributed by atoms with Gasteiger partial charge in [-0.1, -0.05) is 102 Å². The van der Waals surface area contributed by atoms with Gasteiger partial charge in [0, 0.05) is 0 Å². The molecule has 1 aromatic heterocycles. The topological polar surface area (TPSA) is 79.1 Å². The first-order valence-electron chi connectivity index (χ1n) is 16.0. The third kappa shape index (κ3) is 5.80. The van der Waals surface area contributed by atoms with Gasteiger partial charge >= 0.3 is 5.97 Å². The van der Waals surface area contributed by atoms with E-state index in [1.807, 2.05) is 91.9 Å². The SMILES string of the molecule is CCOC(=O)C1=C(C)N=c2s/c(=C/c3ccc(OCc4cccc5ccccc45)c(OCC)c3)c(=O)n2[C@@H]1c1cccc2ccccc12. The number of ether oxygens (including phenoxy) is 3. The van der Waals surface area contributed by atoms with E-state index in [2.05, 4.69) is 24.3 Å². The highest BCUT2D eigenvalue weighted by atomic mass is 32.1. The zero-order valence-corrected chi connectivity index (χ0v) is 27.8. The van der Waals surface area contributed by atoms with Crippen LogP contribution in [0.5, 0.6) is 11.5 Å². The summed E-state index contributed by atoms with van der Waals surface area (Å²) in [5.74, 6) is 0.730. The molecule has 1 atom stereocenters. The van der Waals surface area contributed by atoms with Crippen LogP contribution in [-0.2, 0) is 16.1 Å². The number of carbonyl (C=O) groups is 1. The minimum atomic E-state index is -0.697. The number of carbonyl (C=O) groups excluding carboxylic acids is 1. The molecular weight excluding hydrogens is 621 g/mol. The average Bonchev–Trinajstić information content (AvgIpc) is 3.40. The Labute approximate surface area is 281 Å². The van der Waals surface area contributed by atoms with Gasteiger partial charge in [0.2, 0.25) is 0 Å². The van der Waals surface area contributed by atoms with Crippen molar-refractivity contribution in [3.63, 3.8) is 0 Å². The number of benzene rings is 5. The molecule has 0 radical (unpaired) electrons. The van der Waals surface area contributed by atoms with Crippen molar-refractivity contribution in [1.29, 1.82) is 0 Å². The van der Waals surface area contributed by atoms with Crippen molar-refractivity contribution in [1.82, 2.24) is 4.57 Å². The Morgan fingerprint density at radius 3 is 2.31 bits per heavy atom. The predicted octanol–water partition coefficient (Wildman–Crippen LogP) is 7.08. The highest BCUT2D eigenvalue weighted by Gasteiger charge is 2.34. The van der Waals surface area contributed by atoms with Crippen LogP contribution >= 0.6 is 11.3 Å². The van der Waals surface area contributed by atoms with E-state index >= 15 is 0 Å². The summed E-state index contributed by atoms with van der Waals surface area (Å²) in [5.41, 5.74) is 3.36. The fourth-order valence-corrected chi connectivity index (χ4v) is 7.35. The number of esters is 1. The molecule has 2 heterocycles. The maximum atomic E-state index is 14.3. The monoisotopic (exact) mass is 654 g/mol. The Bertz CT molecular complexity index is 2390. The number of hydrogen-bond donors (Lipinski definition) is 0. The number of fused-ring (bicyclic) bond motifs is 3. The first-order chi connectivity index (χ1) is 23.5. The van der Waals surface area contributed by atoms with Crippen molar-refractivity contribution in [2.75, 3.05) is 13.2 Å². The lowest BCUT2D eigenvalue weighted by molar-refractivity contribution is -0.139. The van der Waals surface area contributed by atoms with Crippen LogP contribution in [0.2, 0.25) is 0 Å². The van der Waals surface area contributed by atoms with Crippen molar-refractivity contribution in [2.45, 2.75) is 33.4 Å². The van der Waals surface area contributed by atoms with E-state index < -0.39 is 12.0 Å². The van der Waals surface area contributed by atoms with Crippen LogP contribution in [0.1, 0.15) is 43.5 Å². The molecule has 0 aliphatic carbocycles. The van der Waals surface area contributed by atoms with E-state index in [0.717, 1.165) is 38.2 Å². The summed E-state index contributed by atoms with van der Waals surface area (Å²) >= 11 is 1.29. The third-order valence-electron chi connectivity index (χ3n) is 8.46. The summed E-state index contributed by atoms with van der Waals surface area (Å²) in [4.78, 5) is 32.9. The molecule has 0 N–H and O–H groups in total. The molecule has 0 amide bonds. The lowest BCUT2D eigenvalue weighted by atomic mass is 9.91. The van der Waals surface area contributed by atoms with Crippen LogP contribution in [0.3, 0.4) is 0 Å². The summed E-state index contributed by atoms with van der Waals surface area (Å²) in [6, 6.07) is 33.3. The van der Waals surface area contributed by atoms with Crippen molar-refractivity contribution in [2.24, 2.45) is 4.99 Å². The van der Waals surface area contributed by atoms with E-state index in [9.17, 15) is 9.59 Å². The number of nitrogens with zero attached hydrogens (tertiary/aromatic N) is 2. The van der Waals surface area contributed by atoms with Gasteiger partial charge in [-0.25, -0.2) is 9.79 Å². The minimum absolute atomic E-state index is 0.214. The molecule has 48 heavy (non-hydrogen) atoms. The van der Waals surface area contributed by atoms with Gasteiger partial charge in [-0.05, 0) is 77.2 Å². The number of rotatable bonds is 9. The zero-order chi connectivity index (χ0) is 33.2. The highest BCUT2D eigenvalue weighted by molar-refractivity contribution is 7.07. The van der Waals surface area contributed by atoms with Crippen molar-refractivity contribution in [3.8, 4) is 11.5 Å². The van der Waals surface area contributed by atoms with E-state index in [0.29, 0.717) is 45.3 Å². The molecule has 240 valence electrons. The second-order valence-corrected chi connectivity index (χ2v) is 12.4. The van der Waals surface area contributed by atoms with Crippen LogP contribution in [0, 0.1) is 0 Å². The van der Waals surface area contributed by atoms with Gasteiger partial charge in [-0.3, -0.25) is 9.36 Å². The number of allylic oxidation sites excluding steroid dienone is 1. The number of aromatic nitrogens is 1. The summed E-state index contributed by atoms with van der Waals surface area (Å²) in [7, 11) is 0. The van der Waals surface area contributed by atoms with Gasteiger partial charge in [0.1, 0.15) is 6.61 Å². The van der Waals surface area contributed by atoms with Gasteiger partial charge in [0.25, 0.3) is 5.56 Å². The van der Waals surface area contributed by atoms with Gasteiger partial charge in [-0.2, -0.15) is 0 Å². The number of hydrogen-bond acceptors (Lipinski definition) is 7. The fourth-order valence-electron chi connectivity index (χ4n) is 6.30. The second kappa shape index (κ2) is 13.3. The first-order valence-corrected chi connectivity index (χ1v) is 16.8. The minimum Gasteiger partial charge on any atom is -0.490 e. The quantitative estimate of drug-likeness (QED) is 0.156. The van der Waals surface area contributed by atoms with E-state index in [-0.39, 0.29) is 12.2 Å². The molecule has 7 nitrogen and oxygen atoms in total. The molecule has 1 aliphatic heterocycles. The summed E-state index contributed by atoms with van der Waals surface area (Å²) in [6.07, 6.45) is 1.84. The van der Waals surface area contributed by atoms with E-state index in [4.69, 9.17) is 19.2 Å². The second-order valence-electron chi connectivity index (χ2n) is 11.4. The summed E-state index contributed by atoms with van der Waals surface area (Å²) < 4.78 is 19.9. The first kappa shape index (κ1) is 31.1. The molecule has 0 saturated carbocycles. The Kier molecular flexibility index (Phi) is 8.65. The zero-order valence-electron chi connectivity index (χ0n) is 26.9. The molecule has 5 aromatic carbocycles. The normalized spacial score (nSPS) is 14.6. The van der Waals surface area contributed by atoms with Crippen LogP contribution in [0.4, 0.5) is 0 Å². The van der Waals surface area contributed by atoms with E-state index in [1.165, 1.54) is 11.3 Å². The smallest absolute Gasteiger partial charge is 0.338 e. The van der Waals surface area contributed by atoms with Crippen LogP contribution in [-0.4, -0.2) is 23.8 Å². The predicted molar refractivity (Wildman–Crippen MR) is 190 cm³/mol. The molecule has 0 saturated heterocycles. The average molecular weight is 655 g/mol. The van der Waals surface area contributed by atoms with Crippen LogP contribution in [0.15, 0.2) is 124 Å². The maximum Gasteiger partial charge on any atom is 0.338 e. The largest absolute Gasteiger partial charge is 0.490 e. The molecule has 1 aliphatic rings. The molecule has 0 fully saturated rings. The molecule has 0 bridgehead atoms. The van der Waals surface area contributed by atoms with Crippen LogP contribution < -0.4 is 24.4 Å². The van der Waals surface area contributed by atoms with E-state index in [1.54, 1.807) is 18.4 Å². The summed E-state index contributed by atoms with van der Waals surface area (Å²) in [5, 5.41) is 4.28. The lowest BCUT2D eigenvalue weighted by Gasteiger charge is -2.25. The Balaban J connectivity index is 1.29. The molecule has 0 unspecified atom stereocenters. The Morgan fingerprint density at radius 2 is 1.54 bits per heavy atom. The molecule has 6 aromatic rings. The molecular formula is C40H34N2O5S. The maximum absolute atomic E-state index is 14.3. The van der Waals surface area contributed by atoms with Crippen LogP contribution in [0.25, 0.3) is 27.6 Å². The van der Waals surface area contributed by atoms with Crippen molar-refractivity contribution >= 4 is 44.9 Å². The third-order valence-corrected chi connectivity index (χ3v) is 9.45. The molecule has 8 heteroatoms. The van der Waals surface area contributed by atoms with Gasteiger partial charge in [0.05, 0.1) is 35.1 Å². The molecule has 0 spiro atoms.